The van der Waals surface area contributed by atoms with Gasteiger partial charge in [-0.3, -0.25) is 4.90 Å². The SMILES string of the molecule is CN(Cc1ccccc1Cl)Cc1ccc(Br)cc1Cl. The maximum absolute atomic E-state index is 6.23. The summed E-state index contributed by atoms with van der Waals surface area (Å²) in [5.41, 5.74) is 2.24. The fraction of sp³-hybridized carbons (Fsp3) is 0.200. The number of hydrogen-bond acceptors (Lipinski definition) is 1. The van der Waals surface area contributed by atoms with Crippen LogP contribution in [0.15, 0.2) is 46.9 Å². The van der Waals surface area contributed by atoms with Crippen LogP contribution in [-0.4, -0.2) is 11.9 Å². The highest BCUT2D eigenvalue weighted by molar-refractivity contribution is 9.10. The Hall–Kier alpha value is -0.540. The molecule has 0 heterocycles. The molecule has 0 aliphatic carbocycles. The lowest BCUT2D eigenvalue weighted by molar-refractivity contribution is 0.319. The van der Waals surface area contributed by atoms with Crippen molar-refractivity contribution in [2.75, 3.05) is 7.05 Å². The molecule has 0 aliphatic rings. The van der Waals surface area contributed by atoms with Gasteiger partial charge in [-0.15, -0.1) is 0 Å². The van der Waals surface area contributed by atoms with Crippen LogP contribution in [0.5, 0.6) is 0 Å². The third-order valence-electron chi connectivity index (χ3n) is 2.85. The van der Waals surface area contributed by atoms with E-state index in [1.807, 2.05) is 42.5 Å². The van der Waals surface area contributed by atoms with Gasteiger partial charge in [-0.1, -0.05) is 63.4 Å². The summed E-state index contributed by atoms with van der Waals surface area (Å²) in [5, 5.41) is 1.58. The van der Waals surface area contributed by atoms with Gasteiger partial charge in [0.25, 0.3) is 0 Å². The topological polar surface area (TPSA) is 3.24 Å². The van der Waals surface area contributed by atoms with Gasteiger partial charge in [-0.25, -0.2) is 0 Å². The maximum Gasteiger partial charge on any atom is 0.0462 e. The van der Waals surface area contributed by atoms with Gasteiger partial charge in [0.15, 0.2) is 0 Å². The maximum atomic E-state index is 6.23. The van der Waals surface area contributed by atoms with E-state index in [-0.39, 0.29) is 0 Å². The van der Waals surface area contributed by atoms with E-state index < -0.39 is 0 Å². The van der Waals surface area contributed by atoms with Gasteiger partial charge in [0, 0.05) is 27.6 Å². The summed E-state index contributed by atoms with van der Waals surface area (Å²) in [5.74, 6) is 0. The van der Waals surface area contributed by atoms with Crippen molar-refractivity contribution in [3.8, 4) is 0 Å². The Kier molecular flexibility index (Phi) is 5.28. The highest BCUT2D eigenvalue weighted by Gasteiger charge is 2.07. The van der Waals surface area contributed by atoms with E-state index >= 15 is 0 Å². The van der Waals surface area contributed by atoms with Crippen LogP contribution in [0.25, 0.3) is 0 Å². The third kappa shape index (κ3) is 4.22. The summed E-state index contributed by atoms with van der Waals surface area (Å²) in [6.45, 7) is 1.59. The van der Waals surface area contributed by atoms with Gasteiger partial charge in [0.2, 0.25) is 0 Å². The summed E-state index contributed by atoms with van der Waals surface area (Å²) >= 11 is 15.8. The summed E-state index contributed by atoms with van der Waals surface area (Å²) < 4.78 is 0.995. The van der Waals surface area contributed by atoms with Crippen LogP contribution in [0, 0.1) is 0 Å². The lowest BCUT2D eigenvalue weighted by Gasteiger charge is -2.18. The van der Waals surface area contributed by atoms with Crippen molar-refractivity contribution in [3.05, 3.63) is 68.1 Å². The molecule has 0 spiro atoms. The molecule has 0 aliphatic heterocycles. The van der Waals surface area contributed by atoms with E-state index in [1.54, 1.807) is 0 Å². The zero-order valence-electron chi connectivity index (χ0n) is 10.5. The van der Waals surface area contributed by atoms with E-state index in [0.29, 0.717) is 0 Å². The highest BCUT2D eigenvalue weighted by atomic mass is 79.9. The zero-order chi connectivity index (χ0) is 13.8. The molecule has 0 saturated heterocycles. The minimum absolute atomic E-state index is 0.778. The number of nitrogens with zero attached hydrogens (tertiary/aromatic N) is 1. The van der Waals surface area contributed by atoms with Crippen molar-refractivity contribution >= 4 is 39.1 Å². The summed E-state index contributed by atoms with van der Waals surface area (Å²) in [6, 6.07) is 13.9. The van der Waals surface area contributed by atoms with Crippen LogP contribution in [0.1, 0.15) is 11.1 Å². The Labute approximate surface area is 132 Å². The smallest absolute Gasteiger partial charge is 0.0462 e. The summed E-state index contributed by atoms with van der Waals surface area (Å²) in [4.78, 5) is 2.19. The monoisotopic (exact) mass is 357 g/mol. The Morgan fingerprint density at radius 1 is 0.947 bits per heavy atom. The largest absolute Gasteiger partial charge is 0.298 e. The molecule has 2 rings (SSSR count). The third-order valence-corrected chi connectivity index (χ3v) is 4.07. The molecule has 2 aromatic rings. The zero-order valence-corrected chi connectivity index (χ0v) is 13.6. The molecule has 0 fully saturated rings. The van der Waals surface area contributed by atoms with Gasteiger partial charge in [0.05, 0.1) is 0 Å². The lowest BCUT2D eigenvalue weighted by Crippen LogP contribution is -2.17. The van der Waals surface area contributed by atoms with Crippen LogP contribution in [-0.2, 0) is 13.1 Å². The van der Waals surface area contributed by atoms with Crippen molar-refractivity contribution in [1.29, 1.82) is 0 Å². The molecule has 0 radical (unpaired) electrons. The lowest BCUT2D eigenvalue weighted by atomic mass is 10.2. The van der Waals surface area contributed by atoms with Crippen molar-refractivity contribution in [2.24, 2.45) is 0 Å². The number of halogens is 3. The van der Waals surface area contributed by atoms with Crippen LogP contribution in [0.3, 0.4) is 0 Å². The second kappa shape index (κ2) is 6.76. The fourth-order valence-corrected chi connectivity index (χ4v) is 2.84. The Balaban J connectivity index is 2.05. The number of rotatable bonds is 4. The Bertz CT molecular complexity index is 572. The average Bonchev–Trinajstić information content (AvgIpc) is 2.36. The van der Waals surface area contributed by atoms with Gasteiger partial charge in [0.1, 0.15) is 0 Å². The molecule has 0 atom stereocenters. The highest BCUT2D eigenvalue weighted by Crippen LogP contribution is 2.23. The van der Waals surface area contributed by atoms with E-state index in [2.05, 4.69) is 27.9 Å². The summed E-state index contributed by atoms with van der Waals surface area (Å²) in [7, 11) is 2.06. The molecule has 0 aromatic heterocycles. The molecular formula is C15H14BrCl2N. The Morgan fingerprint density at radius 2 is 1.58 bits per heavy atom. The normalized spacial score (nSPS) is 11.0. The van der Waals surface area contributed by atoms with Crippen molar-refractivity contribution < 1.29 is 0 Å². The number of hydrogen-bond donors (Lipinski definition) is 0. The first kappa shape index (κ1) is 14.9. The Morgan fingerprint density at radius 3 is 2.21 bits per heavy atom. The number of benzene rings is 2. The first-order valence-corrected chi connectivity index (χ1v) is 7.47. The standard InChI is InChI=1S/C15H14BrCl2N/c1-19(9-11-4-2-3-5-14(11)17)10-12-6-7-13(16)8-15(12)18/h2-8H,9-10H2,1H3. The van der Waals surface area contributed by atoms with Crippen LogP contribution >= 0.6 is 39.1 Å². The van der Waals surface area contributed by atoms with E-state index in [1.165, 1.54) is 0 Å². The first-order chi connectivity index (χ1) is 9.06. The molecule has 0 N–H and O–H groups in total. The fourth-order valence-electron chi connectivity index (χ4n) is 1.91. The second-order valence-corrected chi connectivity index (χ2v) is 6.23. The van der Waals surface area contributed by atoms with Gasteiger partial charge < -0.3 is 0 Å². The quantitative estimate of drug-likeness (QED) is 0.708. The van der Waals surface area contributed by atoms with E-state index in [0.717, 1.165) is 38.7 Å². The summed E-state index contributed by atoms with van der Waals surface area (Å²) in [6.07, 6.45) is 0. The van der Waals surface area contributed by atoms with E-state index in [4.69, 9.17) is 23.2 Å². The van der Waals surface area contributed by atoms with Crippen LogP contribution < -0.4 is 0 Å². The molecular weight excluding hydrogens is 345 g/mol. The predicted molar refractivity (Wildman–Crippen MR) is 85.8 cm³/mol. The molecule has 0 unspecified atom stereocenters. The molecule has 4 heteroatoms. The second-order valence-electron chi connectivity index (χ2n) is 4.50. The van der Waals surface area contributed by atoms with Gasteiger partial charge in [-0.05, 0) is 36.4 Å². The first-order valence-electron chi connectivity index (χ1n) is 5.92. The molecule has 0 saturated carbocycles. The van der Waals surface area contributed by atoms with Crippen molar-refractivity contribution in [2.45, 2.75) is 13.1 Å². The van der Waals surface area contributed by atoms with Crippen LogP contribution in [0.4, 0.5) is 0 Å². The van der Waals surface area contributed by atoms with E-state index in [9.17, 15) is 0 Å². The van der Waals surface area contributed by atoms with Gasteiger partial charge in [-0.2, -0.15) is 0 Å². The van der Waals surface area contributed by atoms with Crippen molar-refractivity contribution in [3.63, 3.8) is 0 Å². The van der Waals surface area contributed by atoms with Crippen molar-refractivity contribution in [1.82, 2.24) is 4.90 Å². The molecule has 1 nitrogen and oxygen atoms in total. The molecule has 100 valence electrons. The molecule has 0 amide bonds. The minimum atomic E-state index is 0.778. The molecule has 2 aromatic carbocycles. The molecule has 19 heavy (non-hydrogen) atoms. The minimum Gasteiger partial charge on any atom is -0.298 e. The predicted octanol–water partition coefficient (Wildman–Crippen LogP) is 5.39. The van der Waals surface area contributed by atoms with Gasteiger partial charge >= 0.3 is 0 Å². The molecule has 0 bridgehead atoms. The van der Waals surface area contributed by atoms with Crippen LogP contribution in [0.2, 0.25) is 10.0 Å². The average molecular weight is 359 g/mol.